The normalized spacial score (nSPS) is 24.7. The number of rotatable bonds is 7. The molecule has 0 bridgehead atoms. The van der Waals surface area contributed by atoms with Gasteiger partial charge in [0.25, 0.3) is 0 Å². The van der Waals surface area contributed by atoms with Crippen LogP contribution in [0.2, 0.25) is 0 Å². The Morgan fingerprint density at radius 3 is 2.61 bits per heavy atom. The van der Waals surface area contributed by atoms with Crippen LogP contribution in [0.3, 0.4) is 0 Å². The van der Waals surface area contributed by atoms with Crippen molar-refractivity contribution < 1.29 is 17.9 Å². The molecular formula is C12H23NO4S. The predicted molar refractivity (Wildman–Crippen MR) is 70.3 cm³/mol. The summed E-state index contributed by atoms with van der Waals surface area (Å²) in [5.74, 6) is -0.270. The van der Waals surface area contributed by atoms with Crippen LogP contribution in [0.15, 0.2) is 0 Å². The number of hydrogen-bond acceptors (Lipinski definition) is 5. The molecule has 2 unspecified atom stereocenters. The van der Waals surface area contributed by atoms with Crippen LogP contribution < -0.4 is 5.32 Å². The van der Waals surface area contributed by atoms with Crippen molar-refractivity contribution in [1.29, 1.82) is 0 Å². The fraction of sp³-hybridized carbons (Fsp3) is 0.917. The van der Waals surface area contributed by atoms with E-state index in [1.165, 1.54) is 0 Å². The van der Waals surface area contributed by atoms with E-state index in [0.717, 1.165) is 6.54 Å². The number of nitrogens with one attached hydrogen (secondary N) is 1. The number of hydrogen-bond donors (Lipinski definition) is 1. The SMILES string of the molecule is CCNC1COCC1C(=O)CCS(=O)(=O)C(C)C. The Balaban J connectivity index is 2.51. The minimum absolute atomic E-state index is 0.0114. The second-order valence-electron chi connectivity index (χ2n) is 4.94. The molecule has 1 saturated heterocycles. The summed E-state index contributed by atoms with van der Waals surface area (Å²) in [5.41, 5.74) is 0. The van der Waals surface area contributed by atoms with Gasteiger partial charge in [-0.3, -0.25) is 4.79 Å². The zero-order valence-electron chi connectivity index (χ0n) is 11.3. The van der Waals surface area contributed by atoms with Crippen LogP contribution in [-0.4, -0.2) is 51.0 Å². The Kier molecular flexibility index (Phi) is 5.75. The molecule has 1 fully saturated rings. The summed E-state index contributed by atoms with van der Waals surface area (Å²) in [6, 6.07) is 0.0317. The van der Waals surface area contributed by atoms with Crippen LogP contribution in [-0.2, 0) is 19.4 Å². The lowest BCUT2D eigenvalue weighted by molar-refractivity contribution is -0.122. The molecule has 0 amide bonds. The van der Waals surface area contributed by atoms with Gasteiger partial charge in [-0.15, -0.1) is 0 Å². The van der Waals surface area contributed by atoms with E-state index in [1.807, 2.05) is 6.92 Å². The van der Waals surface area contributed by atoms with E-state index in [0.29, 0.717) is 13.2 Å². The van der Waals surface area contributed by atoms with Crippen molar-refractivity contribution in [1.82, 2.24) is 5.32 Å². The highest BCUT2D eigenvalue weighted by atomic mass is 32.2. The number of likely N-dealkylation sites (N-methyl/N-ethyl adjacent to an activating group) is 1. The van der Waals surface area contributed by atoms with Gasteiger partial charge in [-0.2, -0.15) is 0 Å². The van der Waals surface area contributed by atoms with Crippen molar-refractivity contribution in [2.24, 2.45) is 5.92 Å². The van der Waals surface area contributed by atoms with Gasteiger partial charge in [0.1, 0.15) is 5.78 Å². The van der Waals surface area contributed by atoms with Crippen molar-refractivity contribution in [2.75, 3.05) is 25.5 Å². The third-order valence-electron chi connectivity index (χ3n) is 3.31. The molecule has 106 valence electrons. The second kappa shape index (κ2) is 6.63. The topological polar surface area (TPSA) is 72.5 Å². The molecule has 18 heavy (non-hydrogen) atoms. The standard InChI is InChI=1S/C12H23NO4S/c1-4-13-11-8-17-7-10(11)12(14)5-6-18(15,16)9(2)3/h9-11,13H,4-8H2,1-3H3. The molecule has 0 aromatic rings. The first-order chi connectivity index (χ1) is 8.38. The highest BCUT2D eigenvalue weighted by Crippen LogP contribution is 2.17. The van der Waals surface area contributed by atoms with Crippen LogP contribution in [0, 0.1) is 5.92 Å². The molecule has 1 heterocycles. The van der Waals surface area contributed by atoms with Gasteiger partial charge in [0.05, 0.1) is 30.1 Å². The average Bonchev–Trinajstić information content (AvgIpc) is 2.74. The lowest BCUT2D eigenvalue weighted by Crippen LogP contribution is -2.39. The molecule has 1 rings (SSSR count). The van der Waals surface area contributed by atoms with Crippen molar-refractivity contribution >= 4 is 15.6 Å². The Morgan fingerprint density at radius 1 is 1.39 bits per heavy atom. The van der Waals surface area contributed by atoms with E-state index in [1.54, 1.807) is 13.8 Å². The Bertz CT molecular complexity index is 378. The zero-order valence-corrected chi connectivity index (χ0v) is 12.1. The van der Waals surface area contributed by atoms with E-state index in [2.05, 4.69) is 5.32 Å². The summed E-state index contributed by atoms with van der Waals surface area (Å²) < 4.78 is 28.6. The summed E-state index contributed by atoms with van der Waals surface area (Å²) in [5, 5.41) is 2.78. The fourth-order valence-corrected chi connectivity index (χ4v) is 2.96. The van der Waals surface area contributed by atoms with Gasteiger partial charge in [-0.1, -0.05) is 6.92 Å². The maximum Gasteiger partial charge on any atom is 0.153 e. The van der Waals surface area contributed by atoms with Crippen LogP contribution >= 0.6 is 0 Å². The third kappa shape index (κ3) is 4.03. The van der Waals surface area contributed by atoms with Crippen molar-refractivity contribution in [3.8, 4) is 0 Å². The minimum Gasteiger partial charge on any atom is -0.379 e. The maximum absolute atomic E-state index is 12.0. The molecule has 1 N–H and O–H groups in total. The molecule has 0 saturated carbocycles. The summed E-state index contributed by atoms with van der Waals surface area (Å²) in [4.78, 5) is 12.0. The lowest BCUT2D eigenvalue weighted by atomic mass is 9.97. The third-order valence-corrected chi connectivity index (χ3v) is 5.52. The summed E-state index contributed by atoms with van der Waals surface area (Å²) in [7, 11) is -3.13. The first-order valence-corrected chi connectivity index (χ1v) is 8.15. The molecule has 1 aliphatic heterocycles. The number of carbonyl (C=O) groups is 1. The summed E-state index contributed by atoms with van der Waals surface area (Å²) in [6.45, 7) is 6.96. The fourth-order valence-electron chi connectivity index (χ4n) is 2.00. The number of ether oxygens (including phenoxy) is 1. The number of sulfone groups is 1. The highest BCUT2D eigenvalue weighted by molar-refractivity contribution is 7.91. The lowest BCUT2D eigenvalue weighted by Gasteiger charge is -2.17. The Labute approximate surface area is 109 Å². The maximum atomic E-state index is 12.0. The van der Waals surface area contributed by atoms with Gasteiger partial charge in [0, 0.05) is 12.5 Å². The first kappa shape index (κ1) is 15.6. The molecular weight excluding hydrogens is 254 g/mol. The second-order valence-corrected chi connectivity index (χ2v) is 7.62. The molecule has 0 radical (unpaired) electrons. The largest absolute Gasteiger partial charge is 0.379 e. The van der Waals surface area contributed by atoms with Gasteiger partial charge >= 0.3 is 0 Å². The van der Waals surface area contributed by atoms with Gasteiger partial charge < -0.3 is 10.1 Å². The van der Waals surface area contributed by atoms with Crippen molar-refractivity contribution in [3.05, 3.63) is 0 Å². The number of carbonyl (C=O) groups excluding carboxylic acids is 1. The highest BCUT2D eigenvalue weighted by Gasteiger charge is 2.33. The van der Waals surface area contributed by atoms with Crippen LogP contribution in [0.4, 0.5) is 0 Å². The number of Topliss-reactive ketones (excluding diaryl/α,β-unsaturated/α-hetero) is 1. The quantitative estimate of drug-likeness (QED) is 0.729. The average molecular weight is 277 g/mol. The molecule has 0 spiro atoms. The van der Waals surface area contributed by atoms with Gasteiger partial charge in [0.2, 0.25) is 0 Å². The van der Waals surface area contributed by atoms with Crippen molar-refractivity contribution in [3.63, 3.8) is 0 Å². The van der Waals surface area contributed by atoms with Gasteiger partial charge in [0.15, 0.2) is 9.84 Å². The molecule has 0 aromatic heterocycles. The summed E-state index contributed by atoms with van der Waals surface area (Å²) in [6.07, 6.45) is 0.0937. The van der Waals surface area contributed by atoms with E-state index >= 15 is 0 Å². The van der Waals surface area contributed by atoms with E-state index < -0.39 is 15.1 Å². The molecule has 6 heteroatoms. The Hall–Kier alpha value is -0.460. The molecule has 0 aliphatic carbocycles. The van der Waals surface area contributed by atoms with Crippen LogP contribution in [0.5, 0.6) is 0 Å². The number of ketones is 1. The van der Waals surface area contributed by atoms with Crippen LogP contribution in [0.1, 0.15) is 27.2 Å². The molecule has 5 nitrogen and oxygen atoms in total. The monoisotopic (exact) mass is 277 g/mol. The summed E-state index contributed by atoms with van der Waals surface area (Å²) >= 11 is 0. The first-order valence-electron chi connectivity index (χ1n) is 6.44. The van der Waals surface area contributed by atoms with E-state index in [9.17, 15) is 13.2 Å². The van der Waals surface area contributed by atoms with E-state index in [4.69, 9.17) is 4.74 Å². The zero-order chi connectivity index (χ0) is 13.8. The molecule has 0 aromatic carbocycles. The predicted octanol–water partition coefficient (Wildman–Crippen LogP) is 0.393. The van der Waals surface area contributed by atoms with Crippen molar-refractivity contribution in [2.45, 2.75) is 38.5 Å². The molecule has 2 atom stereocenters. The smallest absolute Gasteiger partial charge is 0.153 e. The Morgan fingerprint density at radius 2 is 2.06 bits per heavy atom. The van der Waals surface area contributed by atoms with Crippen LogP contribution in [0.25, 0.3) is 0 Å². The van der Waals surface area contributed by atoms with Gasteiger partial charge in [-0.05, 0) is 20.4 Å². The van der Waals surface area contributed by atoms with E-state index in [-0.39, 0.29) is 29.9 Å². The molecule has 1 aliphatic rings. The van der Waals surface area contributed by atoms with Gasteiger partial charge in [-0.25, -0.2) is 8.42 Å². The minimum atomic E-state index is -3.13.